The number of nitrogens with one attached hydrogen (secondary N) is 1. The summed E-state index contributed by atoms with van der Waals surface area (Å²) in [6, 6.07) is -0.802. The molecule has 8 nitrogen and oxygen atoms in total. The Morgan fingerprint density at radius 1 is 0.443 bits per heavy atom. The molecule has 1 amide bonds. The molecule has 0 saturated heterocycles. The molecule has 0 aliphatic heterocycles. The Morgan fingerprint density at radius 2 is 0.734 bits per heavy atom. The monoisotopic (exact) mass is 1130 g/mol. The zero-order valence-corrected chi connectivity index (χ0v) is 54.5. The fourth-order valence-corrected chi connectivity index (χ4v) is 11.4. The normalized spacial score (nSPS) is 13.9. The van der Waals surface area contributed by atoms with Crippen LogP contribution < -0.4 is 10.2 Å². The molecule has 0 heterocycles. The second-order valence-corrected chi connectivity index (χ2v) is 26.7. The average Bonchev–Trinajstić information content (AvgIpc) is 3.42. The number of carbonyl (C=O) groups is 1. The first-order valence-electron chi connectivity index (χ1n) is 34.8. The van der Waals surface area contributed by atoms with Crippen LogP contribution in [0.25, 0.3) is 0 Å². The minimum absolute atomic E-state index is 0.0137. The van der Waals surface area contributed by atoms with Gasteiger partial charge in [-0.15, -0.1) is 0 Å². The van der Waals surface area contributed by atoms with Crippen LogP contribution in [0.3, 0.4) is 0 Å². The Morgan fingerprint density at radius 3 is 1.06 bits per heavy atom. The van der Waals surface area contributed by atoms with Crippen molar-refractivity contribution in [1.29, 1.82) is 0 Å². The van der Waals surface area contributed by atoms with Crippen LogP contribution >= 0.6 is 7.82 Å². The molecule has 0 radical (unpaired) electrons. The summed E-state index contributed by atoms with van der Waals surface area (Å²) < 4.78 is 23.5. The number of aliphatic hydroxyl groups excluding tert-OH is 1. The van der Waals surface area contributed by atoms with Crippen molar-refractivity contribution in [2.75, 3.05) is 40.9 Å². The molecule has 0 rings (SSSR count). The summed E-state index contributed by atoms with van der Waals surface area (Å²) in [5.41, 5.74) is 0. The van der Waals surface area contributed by atoms with Crippen molar-refractivity contribution in [3.05, 3.63) is 36.5 Å². The van der Waals surface area contributed by atoms with Crippen LogP contribution in [0.1, 0.15) is 354 Å². The number of quaternary nitrogens is 1. The molecule has 2 N–H and O–H groups in total. The summed E-state index contributed by atoms with van der Waals surface area (Å²) in [7, 11) is 1.32. The number of carbonyl (C=O) groups excluding carboxylic acids is 1. The number of unbranched alkanes of at least 4 members (excludes halogenated alkanes) is 46. The molecule has 0 fully saturated rings. The topological polar surface area (TPSA) is 108 Å². The van der Waals surface area contributed by atoms with Gasteiger partial charge < -0.3 is 28.8 Å². The zero-order chi connectivity index (χ0) is 57.7. The maximum atomic E-state index is 13.1. The van der Waals surface area contributed by atoms with E-state index < -0.39 is 20.0 Å². The maximum Gasteiger partial charge on any atom is 0.268 e. The van der Waals surface area contributed by atoms with Gasteiger partial charge in [-0.1, -0.05) is 333 Å². The third-order valence-electron chi connectivity index (χ3n) is 16.1. The van der Waals surface area contributed by atoms with Gasteiger partial charge in [0.05, 0.1) is 39.9 Å². The van der Waals surface area contributed by atoms with Gasteiger partial charge in [-0.05, 0) is 51.4 Å². The third kappa shape index (κ3) is 64.1. The SMILES string of the molecule is CCCCCCC/C=C\C/C=C\C/C=C\CCCCCCCCCCCCCCCCCCC(=O)NC(COP(=O)([O-])OCC[N+](C)(C)C)C(O)CCCCCCCCCCCCCCCCCCCCCCCCCCCC. The molecule has 79 heavy (non-hydrogen) atoms. The number of amides is 1. The Hall–Kier alpha value is -1.28. The van der Waals surface area contributed by atoms with E-state index in [1.54, 1.807) is 0 Å². The van der Waals surface area contributed by atoms with Gasteiger partial charge in [0.15, 0.2) is 0 Å². The molecule has 0 aromatic carbocycles. The summed E-state index contributed by atoms with van der Waals surface area (Å²) in [5, 5.41) is 14.1. The van der Waals surface area contributed by atoms with E-state index in [1.165, 1.54) is 276 Å². The van der Waals surface area contributed by atoms with Crippen molar-refractivity contribution in [3.63, 3.8) is 0 Å². The lowest BCUT2D eigenvalue weighted by atomic mass is 10.0. The Balaban J connectivity index is 4.02. The zero-order valence-electron chi connectivity index (χ0n) is 53.6. The molecule has 9 heteroatoms. The predicted octanol–water partition coefficient (Wildman–Crippen LogP) is 21.4. The minimum Gasteiger partial charge on any atom is -0.756 e. The van der Waals surface area contributed by atoms with Crippen molar-refractivity contribution in [2.24, 2.45) is 0 Å². The molecule has 0 bridgehead atoms. The third-order valence-corrected chi connectivity index (χ3v) is 17.1. The molecule has 0 spiro atoms. The number of hydrogen-bond acceptors (Lipinski definition) is 6. The molecule has 0 aliphatic carbocycles. The van der Waals surface area contributed by atoms with E-state index in [0.29, 0.717) is 23.9 Å². The van der Waals surface area contributed by atoms with Gasteiger partial charge in [-0.3, -0.25) is 9.36 Å². The maximum absolute atomic E-state index is 13.1. The molecular formula is C70H137N2O6P. The average molecular weight is 1130 g/mol. The van der Waals surface area contributed by atoms with Crippen molar-refractivity contribution in [3.8, 4) is 0 Å². The highest BCUT2D eigenvalue weighted by atomic mass is 31.2. The summed E-state index contributed by atoms with van der Waals surface area (Å²) in [5.74, 6) is -0.159. The van der Waals surface area contributed by atoms with Gasteiger partial charge in [0.2, 0.25) is 5.91 Å². The molecule has 0 aromatic heterocycles. The molecule has 0 aromatic rings. The summed E-state index contributed by atoms with van der Waals surface area (Å²) in [6.07, 6.45) is 80.7. The van der Waals surface area contributed by atoms with Crippen LogP contribution in [0.15, 0.2) is 36.5 Å². The Kier molecular flexibility index (Phi) is 60.3. The van der Waals surface area contributed by atoms with Crippen molar-refractivity contribution in [1.82, 2.24) is 5.32 Å². The highest BCUT2D eigenvalue weighted by molar-refractivity contribution is 7.45. The first-order chi connectivity index (χ1) is 38.5. The highest BCUT2D eigenvalue weighted by Crippen LogP contribution is 2.38. The van der Waals surface area contributed by atoms with E-state index in [-0.39, 0.29) is 19.1 Å². The first kappa shape index (κ1) is 77.7. The quantitative estimate of drug-likeness (QED) is 0.0272. The lowest BCUT2D eigenvalue weighted by molar-refractivity contribution is -0.870. The molecule has 3 atom stereocenters. The lowest BCUT2D eigenvalue weighted by Gasteiger charge is -2.30. The fourth-order valence-electron chi connectivity index (χ4n) is 10.7. The van der Waals surface area contributed by atoms with Gasteiger partial charge in [-0.25, -0.2) is 0 Å². The van der Waals surface area contributed by atoms with Crippen LogP contribution in [-0.4, -0.2) is 68.5 Å². The number of likely N-dealkylation sites (N-methyl/N-ethyl adjacent to an activating group) is 1. The number of nitrogens with zero attached hydrogens (tertiary/aromatic N) is 1. The van der Waals surface area contributed by atoms with E-state index in [2.05, 4.69) is 55.6 Å². The highest BCUT2D eigenvalue weighted by Gasteiger charge is 2.24. The predicted molar refractivity (Wildman–Crippen MR) is 344 cm³/mol. The Bertz CT molecular complexity index is 1380. The van der Waals surface area contributed by atoms with E-state index in [0.717, 1.165) is 51.4 Å². The van der Waals surface area contributed by atoms with Crippen LogP contribution in [0.2, 0.25) is 0 Å². The van der Waals surface area contributed by atoms with Crippen molar-refractivity contribution in [2.45, 2.75) is 366 Å². The van der Waals surface area contributed by atoms with E-state index in [4.69, 9.17) is 9.05 Å². The van der Waals surface area contributed by atoms with Gasteiger partial charge in [0, 0.05) is 6.42 Å². The number of rotatable bonds is 65. The molecule has 3 unspecified atom stereocenters. The van der Waals surface area contributed by atoms with Crippen LogP contribution in [-0.2, 0) is 18.4 Å². The second-order valence-electron chi connectivity index (χ2n) is 25.2. The van der Waals surface area contributed by atoms with Gasteiger partial charge in [-0.2, -0.15) is 0 Å². The number of phosphoric acid groups is 1. The van der Waals surface area contributed by atoms with Crippen molar-refractivity contribution >= 4 is 13.7 Å². The van der Waals surface area contributed by atoms with E-state index in [9.17, 15) is 19.4 Å². The van der Waals surface area contributed by atoms with E-state index >= 15 is 0 Å². The summed E-state index contributed by atoms with van der Waals surface area (Å²) >= 11 is 0. The smallest absolute Gasteiger partial charge is 0.268 e. The van der Waals surface area contributed by atoms with Gasteiger partial charge in [0.25, 0.3) is 7.82 Å². The fraction of sp³-hybridized carbons (Fsp3) is 0.900. The number of hydrogen-bond donors (Lipinski definition) is 2. The van der Waals surface area contributed by atoms with E-state index in [1.807, 2.05) is 21.1 Å². The van der Waals surface area contributed by atoms with Crippen LogP contribution in [0.5, 0.6) is 0 Å². The van der Waals surface area contributed by atoms with Gasteiger partial charge in [0.1, 0.15) is 13.2 Å². The molecule has 468 valence electrons. The van der Waals surface area contributed by atoms with Crippen LogP contribution in [0.4, 0.5) is 0 Å². The number of allylic oxidation sites excluding steroid dienone is 6. The second kappa shape index (κ2) is 61.3. The van der Waals surface area contributed by atoms with Crippen molar-refractivity contribution < 1.29 is 32.9 Å². The summed E-state index contributed by atoms with van der Waals surface area (Å²) in [4.78, 5) is 25.7. The van der Waals surface area contributed by atoms with Crippen LogP contribution in [0, 0.1) is 0 Å². The molecule has 0 saturated carbocycles. The van der Waals surface area contributed by atoms with Gasteiger partial charge >= 0.3 is 0 Å². The number of phosphoric ester groups is 1. The largest absolute Gasteiger partial charge is 0.756 e. The minimum atomic E-state index is -4.58. The summed E-state index contributed by atoms with van der Waals surface area (Å²) in [6.45, 7) is 4.77. The number of aliphatic hydroxyl groups is 1. The first-order valence-corrected chi connectivity index (χ1v) is 36.3. The Labute approximate surface area is 493 Å². The lowest BCUT2D eigenvalue weighted by Crippen LogP contribution is -2.46. The standard InChI is InChI=1S/C70H137N2O6P/c1-6-8-10-12-14-16-18-20-22-24-26-28-30-32-34-35-36-37-38-40-42-44-46-48-50-52-54-56-58-60-62-64-70(74)71-68(67-78-79(75,76)77-66-65-72(3,4)5)69(73)63-61-59-57-55-53-51-49-47-45-43-41-39-33-31-29-27-25-23-21-19-17-15-13-11-9-7-2/h18,20,24,26,30,32,68-69,73H,6-17,19,21-23,25,27-29,31,33-67H2,1-5H3,(H-,71,74,75,76)/b20-18-,26-24-,32-30-. The molecular weight excluding hydrogens is 996 g/mol. The molecule has 0 aliphatic rings.